The molecule has 1 aliphatic heterocycles. The topological polar surface area (TPSA) is 88.4 Å². The van der Waals surface area contributed by atoms with E-state index in [0.29, 0.717) is 13.0 Å². The highest BCUT2D eigenvalue weighted by Gasteiger charge is 2.31. The fraction of sp³-hybridized carbons (Fsp3) is 0.750. The van der Waals surface area contributed by atoms with Crippen LogP contribution in [0.25, 0.3) is 0 Å². The number of esters is 1. The van der Waals surface area contributed by atoms with E-state index >= 15 is 0 Å². The molecule has 0 bridgehead atoms. The summed E-state index contributed by atoms with van der Waals surface area (Å²) in [4.78, 5) is 23.4. The molecule has 1 aliphatic rings. The van der Waals surface area contributed by atoms with Crippen molar-refractivity contribution < 1.29 is 19.1 Å². The average molecular weight is 254 g/mol. The van der Waals surface area contributed by atoms with Gasteiger partial charge in [-0.25, -0.2) is 4.79 Å². The smallest absolute Gasteiger partial charge is 0.328 e. The minimum Gasteiger partial charge on any atom is -0.467 e. The van der Waals surface area contributed by atoms with E-state index in [0.717, 1.165) is 6.42 Å². The van der Waals surface area contributed by atoms with Crippen molar-refractivity contribution in [1.29, 1.82) is 5.26 Å². The Morgan fingerprint density at radius 3 is 2.83 bits per heavy atom. The molecule has 0 aliphatic carbocycles. The van der Waals surface area contributed by atoms with Gasteiger partial charge in [0.2, 0.25) is 5.91 Å². The Bertz CT molecular complexity index is 344. The number of hydrogen-bond acceptors (Lipinski definition) is 5. The maximum Gasteiger partial charge on any atom is 0.328 e. The average Bonchev–Trinajstić information content (AvgIpc) is 2.88. The van der Waals surface area contributed by atoms with Crippen molar-refractivity contribution in [2.45, 2.75) is 38.3 Å². The Morgan fingerprint density at radius 2 is 2.33 bits per heavy atom. The van der Waals surface area contributed by atoms with Crippen molar-refractivity contribution in [2.24, 2.45) is 5.92 Å². The Kier molecular flexibility index (Phi) is 5.59. The monoisotopic (exact) mass is 254 g/mol. The number of amides is 1. The van der Waals surface area contributed by atoms with Gasteiger partial charge in [0.15, 0.2) is 0 Å². The van der Waals surface area contributed by atoms with Crippen LogP contribution >= 0.6 is 0 Å². The lowest BCUT2D eigenvalue weighted by Gasteiger charge is -2.22. The first-order valence-corrected chi connectivity index (χ1v) is 5.97. The summed E-state index contributed by atoms with van der Waals surface area (Å²) < 4.78 is 9.88. The summed E-state index contributed by atoms with van der Waals surface area (Å²) in [6.07, 6.45) is 1.18. The number of carbonyl (C=O) groups is 2. The highest BCUT2D eigenvalue weighted by Crippen LogP contribution is 2.14. The highest BCUT2D eigenvalue weighted by atomic mass is 16.5. The molecule has 1 rings (SSSR count). The van der Waals surface area contributed by atoms with Gasteiger partial charge in [-0.05, 0) is 12.8 Å². The van der Waals surface area contributed by atoms with Crippen molar-refractivity contribution in [3.63, 3.8) is 0 Å². The van der Waals surface area contributed by atoms with Crippen LogP contribution in [0.5, 0.6) is 0 Å². The largest absolute Gasteiger partial charge is 0.467 e. The summed E-state index contributed by atoms with van der Waals surface area (Å²) in [6, 6.07) is 1.18. The van der Waals surface area contributed by atoms with Gasteiger partial charge in [0.25, 0.3) is 0 Å². The second-order valence-corrected chi connectivity index (χ2v) is 4.35. The van der Waals surface area contributed by atoms with E-state index in [9.17, 15) is 9.59 Å². The molecule has 0 radical (unpaired) electrons. The second kappa shape index (κ2) is 6.97. The van der Waals surface area contributed by atoms with Gasteiger partial charge in [0.1, 0.15) is 12.1 Å². The molecule has 1 amide bonds. The molecule has 0 unspecified atom stereocenters. The molecule has 6 heteroatoms. The third-order valence-electron chi connectivity index (χ3n) is 2.96. The van der Waals surface area contributed by atoms with Crippen LogP contribution in [0.15, 0.2) is 0 Å². The Morgan fingerprint density at radius 1 is 1.61 bits per heavy atom. The van der Waals surface area contributed by atoms with E-state index in [1.165, 1.54) is 7.11 Å². The van der Waals surface area contributed by atoms with Crippen LogP contribution in [0, 0.1) is 17.2 Å². The van der Waals surface area contributed by atoms with Gasteiger partial charge in [-0.1, -0.05) is 6.92 Å². The summed E-state index contributed by atoms with van der Waals surface area (Å²) in [5.74, 6) is -1.15. The second-order valence-electron chi connectivity index (χ2n) is 4.35. The number of methoxy groups -OCH3 is 1. The fourth-order valence-corrected chi connectivity index (χ4v) is 1.85. The molecule has 1 fully saturated rings. The summed E-state index contributed by atoms with van der Waals surface area (Å²) in [5, 5.41) is 11.3. The van der Waals surface area contributed by atoms with Crippen molar-refractivity contribution in [3.8, 4) is 6.07 Å². The molecule has 0 aromatic rings. The van der Waals surface area contributed by atoms with Crippen molar-refractivity contribution in [3.05, 3.63) is 0 Å². The van der Waals surface area contributed by atoms with Crippen LogP contribution in [-0.2, 0) is 19.1 Å². The normalized spacial score (nSPS) is 21.7. The minimum absolute atomic E-state index is 0.172. The molecule has 18 heavy (non-hydrogen) atoms. The maximum atomic E-state index is 11.9. The maximum absolute atomic E-state index is 11.9. The molecule has 0 spiro atoms. The van der Waals surface area contributed by atoms with Gasteiger partial charge in [-0.2, -0.15) is 5.26 Å². The summed E-state index contributed by atoms with van der Waals surface area (Å²) in [6.45, 7) is 2.29. The molecule has 0 saturated carbocycles. The van der Waals surface area contributed by atoms with E-state index in [-0.39, 0.29) is 18.2 Å². The number of ether oxygens (including phenoxy) is 2. The predicted octanol–water partition coefficient (Wildman–Crippen LogP) is 0.373. The van der Waals surface area contributed by atoms with Gasteiger partial charge in [-0.15, -0.1) is 0 Å². The van der Waals surface area contributed by atoms with Crippen LogP contribution in [0.3, 0.4) is 0 Å². The lowest BCUT2D eigenvalue weighted by atomic mass is 9.98. The van der Waals surface area contributed by atoms with Crippen molar-refractivity contribution >= 4 is 11.9 Å². The first-order valence-electron chi connectivity index (χ1n) is 5.97. The van der Waals surface area contributed by atoms with Crippen LogP contribution in [-0.4, -0.2) is 37.7 Å². The number of hydrogen-bond donors (Lipinski definition) is 1. The van der Waals surface area contributed by atoms with E-state index < -0.39 is 18.1 Å². The van der Waals surface area contributed by atoms with Gasteiger partial charge >= 0.3 is 5.97 Å². The SMILES string of the molecule is COC(=O)[C@H](NC(=O)[C@@H]1CCCO1)[C@@H](C)CC#N. The first-order chi connectivity index (χ1) is 8.60. The molecule has 1 N–H and O–H groups in total. The van der Waals surface area contributed by atoms with Crippen LogP contribution < -0.4 is 5.32 Å². The van der Waals surface area contributed by atoms with Gasteiger partial charge in [-0.3, -0.25) is 4.79 Å². The molecular weight excluding hydrogens is 236 g/mol. The standard InChI is InChI=1S/C12H18N2O4/c1-8(5-6-13)10(12(16)17-2)14-11(15)9-4-3-7-18-9/h8-10H,3-5,7H2,1-2H3,(H,14,15)/t8-,9-,10+/m0/s1. The number of rotatable bonds is 5. The lowest BCUT2D eigenvalue weighted by molar-refractivity contribution is -0.147. The molecular formula is C12H18N2O4. The molecule has 1 saturated heterocycles. The molecule has 6 nitrogen and oxygen atoms in total. The minimum atomic E-state index is -0.800. The van der Waals surface area contributed by atoms with Gasteiger partial charge in [0, 0.05) is 18.9 Å². The zero-order valence-electron chi connectivity index (χ0n) is 10.6. The quantitative estimate of drug-likeness (QED) is 0.716. The number of nitriles is 1. The molecule has 3 atom stereocenters. The Hall–Kier alpha value is -1.61. The Labute approximate surface area is 106 Å². The third kappa shape index (κ3) is 3.70. The third-order valence-corrected chi connectivity index (χ3v) is 2.96. The van der Waals surface area contributed by atoms with Crippen LogP contribution in [0.4, 0.5) is 0 Å². The number of nitrogens with one attached hydrogen (secondary N) is 1. The summed E-state index contributed by atoms with van der Waals surface area (Å²) in [5.41, 5.74) is 0. The zero-order valence-corrected chi connectivity index (χ0v) is 10.6. The Balaban J connectivity index is 2.62. The lowest BCUT2D eigenvalue weighted by Crippen LogP contribution is -2.49. The van der Waals surface area contributed by atoms with E-state index in [1.54, 1.807) is 6.92 Å². The molecule has 0 aromatic carbocycles. The molecule has 1 heterocycles. The summed E-state index contributed by atoms with van der Waals surface area (Å²) in [7, 11) is 1.26. The summed E-state index contributed by atoms with van der Waals surface area (Å²) >= 11 is 0. The number of carbonyl (C=O) groups excluding carboxylic acids is 2. The zero-order chi connectivity index (χ0) is 13.5. The highest BCUT2D eigenvalue weighted by molar-refractivity contribution is 5.87. The van der Waals surface area contributed by atoms with Crippen molar-refractivity contribution in [2.75, 3.05) is 13.7 Å². The molecule has 100 valence electrons. The van der Waals surface area contributed by atoms with Crippen molar-refractivity contribution in [1.82, 2.24) is 5.32 Å². The van der Waals surface area contributed by atoms with E-state index in [2.05, 4.69) is 10.1 Å². The van der Waals surface area contributed by atoms with Crippen LogP contribution in [0.1, 0.15) is 26.2 Å². The molecule has 0 aromatic heterocycles. The van der Waals surface area contributed by atoms with Crippen LogP contribution in [0.2, 0.25) is 0 Å². The van der Waals surface area contributed by atoms with Gasteiger partial charge < -0.3 is 14.8 Å². The van der Waals surface area contributed by atoms with E-state index in [1.807, 2.05) is 6.07 Å². The van der Waals surface area contributed by atoms with Gasteiger partial charge in [0.05, 0.1) is 13.2 Å². The number of nitrogens with zero attached hydrogens (tertiary/aromatic N) is 1. The fourth-order valence-electron chi connectivity index (χ4n) is 1.85. The first kappa shape index (κ1) is 14.5. The predicted molar refractivity (Wildman–Crippen MR) is 62.3 cm³/mol. The van der Waals surface area contributed by atoms with E-state index in [4.69, 9.17) is 10.00 Å².